The zero-order valence-electron chi connectivity index (χ0n) is 19.2. The maximum absolute atomic E-state index is 12.7. The quantitative estimate of drug-likeness (QED) is 0.536. The largest absolute Gasteiger partial charge is 0.378 e. The fourth-order valence-corrected chi connectivity index (χ4v) is 4.58. The molecule has 0 N–H and O–H groups in total. The number of hydrogen-bond acceptors (Lipinski definition) is 5. The molecule has 7 heteroatoms. The van der Waals surface area contributed by atoms with Gasteiger partial charge in [-0.15, -0.1) is 10.2 Å². The third-order valence-corrected chi connectivity index (χ3v) is 6.60. The van der Waals surface area contributed by atoms with Crippen LogP contribution in [-0.2, 0) is 14.9 Å². The van der Waals surface area contributed by atoms with E-state index in [0.717, 1.165) is 27.8 Å². The van der Waals surface area contributed by atoms with Gasteiger partial charge in [0.15, 0.2) is 11.0 Å². The fraction of sp³-hybridized carbons (Fsp3) is 0.400. The van der Waals surface area contributed by atoms with Crippen LogP contribution in [0.4, 0.5) is 0 Å². The average Bonchev–Trinajstić information content (AvgIpc) is 3.21. The van der Waals surface area contributed by atoms with Crippen LogP contribution < -0.4 is 0 Å². The first-order valence-electron chi connectivity index (χ1n) is 11.0. The van der Waals surface area contributed by atoms with Crippen molar-refractivity contribution in [1.29, 1.82) is 0 Å². The standard InChI is InChI=1S/C25H30N4O2S/c1-18-7-5-6-8-21(18)29-23(19-9-11-20(12-10-19)25(2,3)4)26-27-24(29)32-17-22(30)28-13-15-31-16-14-28/h5-12H,13-17H2,1-4H3. The van der Waals surface area contributed by atoms with E-state index in [1.807, 2.05) is 17.0 Å². The summed E-state index contributed by atoms with van der Waals surface area (Å²) in [6.07, 6.45) is 0. The molecule has 0 atom stereocenters. The summed E-state index contributed by atoms with van der Waals surface area (Å²) in [6, 6.07) is 16.7. The van der Waals surface area contributed by atoms with E-state index in [9.17, 15) is 4.79 Å². The van der Waals surface area contributed by atoms with Crippen molar-refractivity contribution in [3.63, 3.8) is 0 Å². The molecule has 32 heavy (non-hydrogen) atoms. The number of aryl methyl sites for hydroxylation is 1. The highest BCUT2D eigenvalue weighted by atomic mass is 32.2. The highest BCUT2D eigenvalue weighted by Crippen LogP contribution is 2.31. The Bertz CT molecular complexity index is 1080. The molecule has 0 aliphatic carbocycles. The molecule has 1 aromatic heterocycles. The lowest BCUT2D eigenvalue weighted by Gasteiger charge is -2.26. The Kier molecular flexibility index (Phi) is 6.67. The molecule has 6 nitrogen and oxygen atoms in total. The molecule has 0 radical (unpaired) electrons. The van der Waals surface area contributed by atoms with Gasteiger partial charge in [0.1, 0.15) is 0 Å². The van der Waals surface area contributed by atoms with Crippen molar-refractivity contribution in [3.05, 3.63) is 59.7 Å². The summed E-state index contributed by atoms with van der Waals surface area (Å²) < 4.78 is 7.43. The Balaban J connectivity index is 1.66. The lowest BCUT2D eigenvalue weighted by atomic mass is 9.87. The van der Waals surface area contributed by atoms with Crippen LogP contribution in [0.3, 0.4) is 0 Å². The first-order valence-corrected chi connectivity index (χ1v) is 11.9. The number of para-hydroxylation sites is 1. The molecule has 0 spiro atoms. The highest BCUT2D eigenvalue weighted by Gasteiger charge is 2.22. The fourth-order valence-electron chi connectivity index (χ4n) is 3.73. The van der Waals surface area contributed by atoms with E-state index in [1.54, 1.807) is 0 Å². The third-order valence-electron chi connectivity index (χ3n) is 5.69. The van der Waals surface area contributed by atoms with Gasteiger partial charge in [0, 0.05) is 18.7 Å². The van der Waals surface area contributed by atoms with Crippen molar-refractivity contribution >= 4 is 17.7 Å². The van der Waals surface area contributed by atoms with Crippen LogP contribution in [0, 0.1) is 6.92 Å². The minimum atomic E-state index is 0.0864. The van der Waals surface area contributed by atoms with Crippen LogP contribution >= 0.6 is 11.8 Å². The first-order chi connectivity index (χ1) is 15.3. The minimum Gasteiger partial charge on any atom is -0.378 e. The second kappa shape index (κ2) is 9.46. The van der Waals surface area contributed by atoms with Crippen molar-refractivity contribution < 1.29 is 9.53 Å². The van der Waals surface area contributed by atoms with Gasteiger partial charge in [-0.25, -0.2) is 0 Å². The van der Waals surface area contributed by atoms with Gasteiger partial charge in [0.05, 0.1) is 24.7 Å². The van der Waals surface area contributed by atoms with Gasteiger partial charge in [-0.1, -0.05) is 75.0 Å². The molecule has 1 aliphatic heterocycles. The smallest absolute Gasteiger partial charge is 0.233 e. The van der Waals surface area contributed by atoms with Crippen molar-refractivity contribution in [3.8, 4) is 17.1 Å². The number of benzene rings is 2. The van der Waals surface area contributed by atoms with Gasteiger partial charge < -0.3 is 9.64 Å². The Morgan fingerprint density at radius 1 is 1.03 bits per heavy atom. The van der Waals surface area contributed by atoms with Crippen molar-refractivity contribution in [2.45, 2.75) is 38.3 Å². The second-order valence-corrected chi connectivity index (χ2v) is 9.98. The SMILES string of the molecule is Cc1ccccc1-n1c(SCC(=O)N2CCOCC2)nnc1-c1ccc(C(C)(C)C)cc1. The molecule has 1 saturated heterocycles. The van der Waals surface area contributed by atoms with Crippen LogP contribution in [-0.4, -0.2) is 57.6 Å². The molecule has 168 valence electrons. The lowest BCUT2D eigenvalue weighted by Crippen LogP contribution is -2.41. The number of hydrogen-bond donors (Lipinski definition) is 0. The summed E-state index contributed by atoms with van der Waals surface area (Å²) in [5, 5.41) is 9.73. The summed E-state index contributed by atoms with van der Waals surface area (Å²) in [6.45, 7) is 11.2. The Labute approximate surface area is 194 Å². The summed E-state index contributed by atoms with van der Waals surface area (Å²) in [4.78, 5) is 14.5. The molecule has 4 rings (SSSR count). The second-order valence-electron chi connectivity index (χ2n) is 9.04. The van der Waals surface area contributed by atoms with E-state index in [-0.39, 0.29) is 11.3 Å². The molecule has 3 aromatic rings. The van der Waals surface area contributed by atoms with Crippen LogP contribution in [0.2, 0.25) is 0 Å². The number of aromatic nitrogens is 3. The third kappa shape index (κ3) is 4.89. The molecule has 1 amide bonds. The van der Waals surface area contributed by atoms with Crippen LogP contribution in [0.15, 0.2) is 53.7 Å². The predicted molar refractivity (Wildman–Crippen MR) is 128 cm³/mol. The van der Waals surface area contributed by atoms with E-state index in [2.05, 4.69) is 78.9 Å². The molecule has 2 heterocycles. The van der Waals surface area contributed by atoms with Gasteiger partial charge >= 0.3 is 0 Å². The van der Waals surface area contributed by atoms with Gasteiger partial charge in [0.25, 0.3) is 0 Å². The minimum absolute atomic E-state index is 0.0864. The number of rotatable bonds is 5. The molecule has 0 saturated carbocycles. The van der Waals surface area contributed by atoms with E-state index in [4.69, 9.17) is 4.74 Å². The lowest BCUT2D eigenvalue weighted by molar-refractivity contribution is -0.132. The molecule has 2 aromatic carbocycles. The Morgan fingerprint density at radius 3 is 2.38 bits per heavy atom. The Morgan fingerprint density at radius 2 is 1.72 bits per heavy atom. The molecular weight excluding hydrogens is 420 g/mol. The number of nitrogens with zero attached hydrogens (tertiary/aromatic N) is 4. The summed E-state index contributed by atoms with van der Waals surface area (Å²) in [5.74, 6) is 1.21. The van der Waals surface area contributed by atoms with Crippen molar-refractivity contribution in [1.82, 2.24) is 19.7 Å². The van der Waals surface area contributed by atoms with Gasteiger partial charge in [-0.05, 0) is 29.5 Å². The van der Waals surface area contributed by atoms with Crippen molar-refractivity contribution in [2.24, 2.45) is 0 Å². The van der Waals surface area contributed by atoms with Crippen LogP contribution in [0.5, 0.6) is 0 Å². The van der Waals surface area contributed by atoms with Gasteiger partial charge in [0.2, 0.25) is 5.91 Å². The van der Waals surface area contributed by atoms with E-state index in [1.165, 1.54) is 17.3 Å². The maximum atomic E-state index is 12.7. The van der Waals surface area contributed by atoms with E-state index < -0.39 is 0 Å². The summed E-state index contributed by atoms with van der Waals surface area (Å²) in [5.41, 5.74) is 4.51. The summed E-state index contributed by atoms with van der Waals surface area (Å²) in [7, 11) is 0. The molecule has 1 aliphatic rings. The van der Waals surface area contributed by atoms with Crippen LogP contribution in [0.1, 0.15) is 31.9 Å². The number of carbonyl (C=O) groups excluding carboxylic acids is 1. The number of carbonyl (C=O) groups is 1. The van der Waals surface area contributed by atoms with Gasteiger partial charge in [-0.2, -0.15) is 0 Å². The van der Waals surface area contributed by atoms with Crippen LogP contribution in [0.25, 0.3) is 17.1 Å². The average molecular weight is 451 g/mol. The van der Waals surface area contributed by atoms with Crippen molar-refractivity contribution in [2.75, 3.05) is 32.1 Å². The number of ether oxygens (including phenoxy) is 1. The van der Waals surface area contributed by atoms with E-state index >= 15 is 0 Å². The van der Waals surface area contributed by atoms with Gasteiger partial charge in [-0.3, -0.25) is 9.36 Å². The zero-order valence-corrected chi connectivity index (χ0v) is 20.0. The number of morpholine rings is 1. The molecule has 1 fully saturated rings. The first kappa shape index (κ1) is 22.6. The number of amides is 1. The number of thioether (sulfide) groups is 1. The predicted octanol–water partition coefficient (Wildman–Crippen LogP) is 4.49. The Hall–Kier alpha value is -2.64. The normalized spacial score (nSPS) is 14.6. The molecule has 0 unspecified atom stereocenters. The summed E-state index contributed by atoms with van der Waals surface area (Å²) >= 11 is 1.43. The molecular formula is C25H30N4O2S. The van der Waals surface area contributed by atoms with E-state index in [0.29, 0.717) is 32.1 Å². The topological polar surface area (TPSA) is 60.2 Å². The molecule has 0 bridgehead atoms. The highest BCUT2D eigenvalue weighted by molar-refractivity contribution is 7.99. The zero-order chi connectivity index (χ0) is 22.7. The monoisotopic (exact) mass is 450 g/mol. The maximum Gasteiger partial charge on any atom is 0.233 e.